The number of nitrogens with one attached hydrogen (secondary N) is 1. The standard InChI is InChI=1S/C28H28N4O5S/c1-34-22-8-5-9-23(17-22)37-18-26-30-31-28(32(26)13-12-20-6-3-2-4-7-20)38-19-27(33)29-21-10-11-24-25(16-21)36-15-14-35-24/h2-11,16-17H,12-15,18-19H2,1H3,(H,29,33). The lowest BCUT2D eigenvalue weighted by molar-refractivity contribution is -0.113. The third-order valence-corrected chi connectivity index (χ3v) is 6.79. The Kier molecular flexibility index (Phi) is 8.29. The number of rotatable bonds is 11. The fraction of sp³-hybridized carbons (Fsp3) is 0.250. The molecule has 0 fully saturated rings. The van der Waals surface area contributed by atoms with Gasteiger partial charge >= 0.3 is 0 Å². The number of carbonyl (C=O) groups is 1. The van der Waals surface area contributed by atoms with E-state index in [1.807, 2.05) is 47.0 Å². The molecule has 1 aliphatic rings. The number of methoxy groups -OCH3 is 1. The summed E-state index contributed by atoms with van der Waals surface area (Å²) < 4.78 is 24.4. The monoisotopic (exact) mass is 532 g/mol. The smallest absolute Gasteiger partial charge is 0.234 e. The molecular weight excluding hydrogens is 504 g/mol. The molecule has 196 valence electrons. The Hall–Kier alpha value is -4.18. The number of benzene rings is 3. The maximum atomic E-state index is 12.7. The highest BCUT2D eigenvalue weighted by molar-refractivity contribution is 7.99. The fourth-order valence-electron chi connectivity index (χ4n) is 3.93. The van der Waals surface area contributed by atoms with Crippen LogP contribution in [0.5, 0.6) is 23.0 Å². The Morgan fingerprint density at radius 2 is 1.79 bits per heavy atom. The van der Waals surface area contributed by atoms with Crippen molar-refractivity contribution in [3.8, 4) is 23.0 Å². The number of ether oxygens (including phenoxy) is 4. The van der Waals surface area contributed by atoms with Gasteiger partial charge in [-0.3, -0.25) is 4.79 Å². The van der Waals surface area contributed by atoms with Gasteiger partial charge in [0.15, 0.2) is 22.5 Å². The molecule has 0 bridgehead atoms. The van der Waals surface area contributed by atoms with Crippen LogP contribution in [-0.4, -0.2) is 46.7 Å². The highest BCUT2D eigenvalue weighted by Gasteiger charge is 2.17. The van der Waals surface area contributed by atoms with Crippen LogP contribution in [0.3, 0.4) is 0 Å². The number of hydrogen-bond acceptors (Lipinski definition) is 8. The van der Waals surface area contributed by atoms with Gasteiger partial charge in [0.2, 0.25) is 5.91 Å². The first kappa shape index (κ1) is 25.5. The van der Waals surface area contributed by atoms with Crippen molar-refractivity contribution >= 4 is 23.4 Å². The van der Waals surface area contributed by atoms with Crippen LogP contribution in [0, 0.1) is 0 Å². The Morgan fingerprint density at radius 3 is 2.63 bits per heavy atom. The number of aryl methyl sites for hydroxylation is 1. The number of aromatic nitrogens is 3. The molecule has 0 radical (unpaired) electrons. The minimum Gasteiger partial charge on any atom is -0.497 e. The van der Waals surface area contributed by atoms with Crippen molar-refractivity contribution in [2.45, 2.75) is 24.7 Å². The quantitative estimate of drug-likeness (QED) is 0.280. The Balaban J connectivity index is 1.25. The molecule has 0 aliphatic carbocycles. The average molecular weight is 533 g/mol. The predicted molar refractivity (Wildman–Crippen MR) is 144 cm³/mol. The van der Waals surface area contributed by atoms with E-state index in [2.05, 4.69) is 27.6 Å². The Morgan fingerprint density at radius 1 is 0.974 bits per heavy atom. The zero-order chi connectivity index (χ0) is 26.2. The second-order valence-corrected chi connectivity index (χ2v) is 9.39. The topological polar surface area (TPSA) is 96.7 Å². The first-order valence-electron chi connectivity index (χ1n) is 12.2. The third-order valence-electron chi connectivity index (χ3n) is 5.83. The number of nitrogens with zero attached hydrogens (tertiary/aromatic N) is 3. The van der Waals surface area contributed by atoms with Crippen LogP contribution >= 0.6 is 11.8 Å². The molecule has 4 aromatic rings. The van der Waals surface area contributed by atoms with E-state index >= 15 is 0 Å². The van der Waals surface area contributed by atoms with Crippen molar-refractivity contribution in [2.75, 3.05) is 31.4 Å². The number of anilines is 1. The van der Waals surface area contributed by atoms with Gasteiger partial charge in [-0.2, -0.15) is 0 Å². The molecule has 9 nitrogen and oxygen atoms in total. The van der Waals surface area contributed by atoms with Crippen LogP contribution in [0.4, 0.5) is 5.69 Å². The summed E-state index contributed by atoms with van der Waals surface area (Å²) in [6.07, 6.45) is 0.794. The van der Waals surface area contributed by atoms with Crippen molar-refractivity contribution in [3.63, 3.8) is 0 Å². The van der Waals surface area contributed by atoms with Gasteiger partial charge in [-0.25, -0.2) is 0 Å². The maximum Gasteiger partial charge on any atom is 0.234 e. The van der Waals surface area contributed by atoms with E-state index in [9.17, 15) is 4.79 Å². The first-order valence-corrected chi connectivity index (χ1v) is 13.2. The normalized spacial score (nSPS) is 12.1. The second kappa shape index (κ2) is 12.4. The highest BCUT2D eigenvalue weighted by atomic mass is 32.2. The Labute approximate surface area is 225 Å². The largest absolute Gasteiger partial charge is 0.497 e. The molecule has 1 amide bonds. The summed E-state index contributed by atoms with van der Waals surface area (Å²) in [7, 11) is 1.62. The molecule has 0 unspecified atom stereocenters. The van der Waals surface area contributed by atoms with Crippen molar-refractivity contribution in [3.05, 3.63) is 84.2 Å². The minimum absolute atomic E-state index is 0.154. The van der Waals surface area contributed by atoms with Crippen LogP contribution in [0.2, 0.25) is 0 Å². The van der Waals surface area contributed by atoms with E-state index in [-0.39, 0.29) is 18.3 Å². The van der Waals surface area contributed by atoms with Gasteiger partial charge in [-0.05, 0) is 36.2 Å². The fourth-order valence-corrected chi connectivity index (χ4v) is 4.71. The van der Waals surface area contributed by atoms with Crippen molar-refractivity contribution in [2.24, 2.45) is 0 Å². The van der Waals surface area contributed by atoms with Gasteiger partial charge in [0, 0.05) is 24.4 Å². The SMILES string of the molecule is COc1cccc(OCc2nnc(SCC(=O)Nc3ccc4c(c3)OCCO4)n2CCc2ccccc2)c1. The number of thioether (sulfide) groups is 1. The molecule has 2 heterocycles. The zero-order valence-corrected chi connectivity index (χ0v) is 21.8. The van der Waals surface area contributed by atoms with E-state index < -0.39 is 0 Å². The van der Waals surface area contributed by atoms with Gasteiger partial charge in [0.1, 0.15) is 31.3 Å². The summed E-state index contributed by atoms with van der Waals surface area (Å²) in [5.74, 6) is 3.40. The number of hydrogen-bond donors (Lipinski definition) is 1. The van der Waals surface area contributed by atoms with E-state index in [0.717, 1.165) is 6.42 Å². The van der Waals surface area contributed by atoms with Crippen molar-refractivity contribution < 1.29 is 23.7 Å². The lowest BCUT2D eigenvalue weighted by Crippen LogP contribution is -2.17. The summed E-state index contributed by atoms with van der Waals surface area (Å²) in [4.78, 5) is 12.7. The summed E-state index contributed by atoms with van der Waals surface area (Å²) in [5, 5.41) is 12.3. The molecule has 1 aromatic heterocycles. The summed E-state index contributed by atoms with van der Waals surface area (Å²) in [6, 6.07) is 23.0. The van der Waals surface area contributed by atoms with Gasteiger partial charge in [-0.1, -0.05) is 48.2 Å². The lowest BCUT2D eigenvalue weighted by atomic mass is 10.1. The third kappa shape index (κ3) is 6.57. The van der Waals surface area contributed by atoms with Gasteiger partial charge in [0.25, 0.3) is 0 Å². The van der Waals surface area contributed by atoms with Gasteiger partial charge in [0.05, 0.1) is 12.9 Å². The molecular formula is C28H28N4O5S. The average Bonchev–Trinajstić information content (AvgIpc) is 3.36. The lowest BCUT2D eigenvalue weighted by Gasteiger charge is -2.19. The summed E-state index contributed by atoms with van der Waals surface area (Å²) in [6.45, 7) is 1.90. The number of fused-ring (bicyclic) bond motifs is 1. The molecule has 0 saturated heterocycles. The van der Waals surface area contributed by atoms with Crippen molar-refractivity contribution in [1.29, 1.82) is 0 Å². The molecule has 38 heavy (non-hydrogen) atoms. The minimum atomic E-state index is -0.154. The zero-order valence-electron chi connectivity index (χ0n) is 21.0. The molecule has 10 heteroatoms. The van der Waals surface area contributed by atoms with E-state index in [1.54, 1.807) is 25.3 Å². The highest BCUT2D eigenvalue weighted by Crippen LogP contribution is 2.32. The molecule has 0 spiro atoms. The first-order chi connectivity index (χ1) is 18.7. The molecule has 1 aliphatic heterocycles. The van der Waals surface area contributed by atoms with Crippen LogP contribution in [-0.2, 0) is 24.4 Å². The predicted octanol–water partition coefficient (Wildman–Crippen LogP) is 4.61. The van der Waals surface area contributed by atoms with E-state index in [0.29, 0.717) is 59.4 Å². The second-order valence-electron chi connectivity index (χ2n) is 8.45. The number of carbonyl (C=O) groups excluding carboxylic acids is 1. The van der Waals surface area contributed by atoms with E-state index in [4.69, 9.17) is 18.9 Å². The molecule has 5 rings (SSSR count). The van der Waals surface area contributed by atoms with Crippen LogP contribution in [0.15, 0.2) is 78.0 Å². The molecule has 0 saturated carbocycles. The molecule has 0 atom stereocenters. The van der Waals surface area contributed by atoms with Crippen LogP contribution < -0.4 is 24.3 Å². The maximum absolute atomic E-state index is 12.7. The van der Waals surface area contributed by atoms with Gasteiger partial charge in [-0.15, -0.1) is 10.2 Å². The number of amides is 1. The summed E-state index contributed by atoms with van der Waals surface area (Å²) >= 11 is 1.33. The summed E-state index contributed by atoms with van der Waals surface area (Å²) in [5.41, 5.74) is 1.85. The van der Waals surface area contributed by atoms with Gasteiger partial charge < -0.3 is 28.8 Å². The van der Waals surface area contributed by atoms with Crippen LogP contribution in [0.1, 0.15) is 11.4 Å². The van der Waals surface area contributed by atoms with E-state index in [1.165, 1.54) is 17.3 Å². The molecule has 3 aromatic carbocycles. The molecule has 1 N–H and O–H groups in total. The van der Waals surface area contributed by atoms with Crippen molar-refractivity contribution in [1.82, 2.24) is 14.8 Å². The Bertz CT molecular complexity index is 1380. The van der Waals surface area contributed by atoms with Crippen LogP contribution in [0.25, 0.3) is 0 Å².